The van der Waals surface area contributed by atoms with Crippen molar-refractivity contribution in [2.45, 2.75) is 19.3 Å². The summed E-state index contributed by atoms with van der Waals surface area (Å²) < 4.78 is 0. The number of rotatable bonds is 4. The standard InChI is InChI=1S/C13H18ClN3O2/c14-11-1-2-12(17(18)19)13(9-11)16-7-4-10(3-6-15)5-8-16/h1-2,9-10H,3-8,15H2. The maximum atomic E-state index is 11.1. The van der Waals surface area contributed by atoms with Crippen LogP contribution in [0.4, 0.5) is 11.4 Å². The second-order valence-electron chi connectivity index (χ2n) is 4.90. The molecule has 1 aromatic rings. The fourth-order valence-corrected chi connectivity index (χ4v) is 2.77. The monoisotopic (exact) mass is 283 g/mol. The quantitative estimate of drug-likeness (QED) is 0.681. The molecule has 0 atom stereocenters. The predicted octanol–water partition coefficient (Wildman–Crippen LogP) is 2.81. The SMILES string of the molecule is NCCC1CCN(c2cc(Cl)ccc2[N+](=O)[O-])CC1. The number of hydrogen-bond acceptors (Lipinski definition) is 4. The third-order valence-corrected chi connectivity index (χ3v) is 3.90. The third-order valence-electron chi connectivity index (χ3n) is 3.66. The molecule has 104 valence electrons. The van der Waals surface area contributed by atoms with Gasteiger partial charge in [-0.1, -0.05) is 11.6 Å². The normalized spacial score (nSPS) is 16.6. The van der Waals surface area contributed by atoms with Crippen LogP contribution in [0.25, 0.3) is 0 Å². The fourth-order valence-electron chi connectivity index (χ4n) is 2.60. The summed E-state index contributed by atoms with van der Waals surface area (Å²) in [6, 6.07) is 4.72. The number of anilines is 1. The first kappa shape index (κ1) is 14.1. The Hall–Kier alpha value is -1.33. The van der Waals surface area contributed by atoms with Gasteiger partial charge in [-0.05, 0) is 43.9 Å². The molecule has 1 fully saturated rings. The molecular formula is C13H18ClN3O2. The summed E-state index contributed by atoms with van der Waals surface area (Å²) >= 11 is 5.95. The van der Waals surface area contributed by atoms with Crippen LogP contribution in [-0.4, -0.2) is 24.6 Å². The number of nitrogens with zero attached hydrogens (tertiary/aromatic N) is 2. The molecule has 5 nitrogen and oxygen atoms in total. The number of nitro groups is 1. The van der Waals surface area contributed by atoms with Crippen LogP contribution in [0.3, 0.4) is 0 Å². The zero-order valence-corrected chi connectivity index (χ0v) is 11.5. The first-order valence-corrected chi connectivity index (χ1v) is 6.88. The fraction of sp³-hybridized carbons (Fsp3) is 0.538. The van der Waals surface area contributed by atoms with E-state index >= 15 is 0 Å². The van der Waals surface area contributed by atoms with Gasteiger partial charge in [-0.25, -0.2) is 0 Å². The zero-order valence-electron chi connectivity index (χ0n) is 10.7. The Kier molecular flexibility index (Phi) is 4.61. The second kappa shape index (κ2) is 6.21. The molecule has 0 bridgehead atoms. The molecule has 1 heterocycles. The molecule has 0 saturated carbocycles. The van der Waals surface area contributed by atoms with Gasteiger partial charge in [0.1, 0.15) is 5.69 Å². The lowest BCUT2D eigenvalue weighted by molar-refractivity contribution is -0.384. The van der Waals surface area contributed by atoms with Crippen LogP contribution < -0.4 is 10.6 Å². The molecular weight excluding hydrogens is 266 g/mol. The largest absolute Gasteiger partial charge is 0.366 e. The van der Waals surface area contributed by atoms with Crippen molar-refractivity contribution in [3.05, 3.63) is 33.3 Å². The number of piperidine rings is 1. The van der Waals surface area contributed by atoms with Gasteiger partial charge < -0.3 is 10.6 Å². The molecule has 0 aromatic heterocycles. The van der Waals surface area contributed by atoms with Crippen molar-refractivity contribution in [1.82, 2.24) is 0 Å². The van der Waals surface area contributed by atoms with Crippen molar-refractivity contribution in [2.24, 2.45) is 11.7 Å². The summed E-state index contributed by atoms with van der Waals surface area (Å²) in [4.78, 5) is 12.8. The van der Waals surface area contributed by atoms with Crippen LogP contribution in [0.5, 0.6) is 0 Å². The van der Waals surface area contributed by atoms with E-state index in [1.165, 1.54) is 6.07 Å². The lowest BCUT2D eigenvalue weighted by atomic mass is 9.93. The van der Waals surface area contributed by atoms with Crippen molar-refractivity contribution in [2.75, 3.05) is 24.5 Å². The topological polar surface area (TPSA) is 72.4 Å². The van der Waals surface area contributed by atoms with Gasteiger partial charge >= 0.3 is 0 Å². The molecule has 19 heavy (non-hydrogen) atoms. The Labute approximate surface area is 117 Å². The molecule has 0 radical (unpaired) electrons. The number of nitro benzene ring substituents is 1. The molecule has 1 aliphatic rings. The average Bonchev–Trinajstić information content (AvgIpc) is 2.39. The Bertz CT molecular complexity index is 459. The summed E-state index contributed by atoms with van der Waals surface area (Å²) in [5.74, 6) is 0.638. The van der Waals surface area contributed by atoms with Gasteiger partial charge in [-0.15, -0.1) is 0 Å². The third kappa shape index (κ3) is 3.36. The van der Waals surface area contributed by atoms with Crippen LogP contribution in [0.15, 0.2) is 18.2 Å². The van der Waals surface area contributed by atoms with E-state index in [0.717, 1.165) is 32.4 Å². The zero-order chi connectivity index (χ0) is 13.8. The van der Waals surface area contributed by atoms with Gasteiger partial charge in [0.2, 0.25) is 0 Å². The van der Waals surface area contributed by atoms with Crippen LogP contribution in [0.1, 0.15) is 19.3 Å². The highest BCUT2D eigenvalue weighted by atomic mass is 35.5. The summed E-state index contributed by atoms with van der Waals surface area (Å²) in [6.45, 7) is 2.36. The van der Waals surface area contributed by atoms with Crippen LogP contribution in [0, 0.1) is 16.0 Å². The van der Waals surface area contributed by atoms with E-state index in [4.69, 9.17) is 17.3 Å². The molecule has 0 amide bonds. The molecule has 0 aliphatic carbocycles. The highest BCUT2D eigenvalue weighted by Gasteiger charge is 2.24. The molecule has 1 aromatic carbocycles. The Morgan fingerprint density at radius 1 is 1.42 bits per heavy atom. The lowest BCUT2D eigenvalue weighted by Crippen LogP contribution is -2.34. The molecule has 0 unspecified atom stereocenters. The minimum absolute atomic E-state index is 0.127. The van der Waals surface area contributed by atoms with Gasteiger partial charge in [0, 0.05) is 24.2 Å². The van der Waals surface area contributed by atoms with Gasteiger partial charge in [-0.2, -0.15) is 0 Å². The maximum absolute atomic E-state index is 11.1. The van der Waals surface area contributed by atoms with Gasteiger partial charge in [0.05, 0.1) is 4.92 Å². The molecule has 2 rings (SSSR count). The van der Waals surface area contributed by atoms with Crippen LogP contribution in [-0.2, 0) is 0 Å². The van der Waals surface area contributed by atoms with Gasteiger partial charge in [-0.3, -0.25) is 10.1 Å². The molecule has 2 N–H and O–H groups in total. The molecule has 1 aliphatic heterocycles. The first-order valence-electron chi connectivity index (χ1n) is 6.50. The van der Waals surface area contributed by atoms with Gasteiger partial charge in [0.15, 0.2) is 0 Å². The first-order chi connectivity index (χ1) is 9.11. The van der Waals surface area contributed by atoms with Crippen LogP contribution in [0.2, 0.25) is 5.02 Å². The molecule has 6 heteroatoms. The summed E-state index contributed by atoms with van der Waals surface area (Å²) in [7, 11) is 0. The van der Waals surface area contributed by atoms with E-state index in [1.54, 1.807) is 12.1 Å². The average molecular weight is 284 g/mol. The second-order valence-corrected chi connectivity index (χ2v) is 5.33. The minimum Gasteiger partial charge on any atom is -0.366 e. The van der Waals surface area contributed by atoms with E-state index in [0.29, 0.717) is 23.2 Å². The van der Waals surface area contributed by atoms with Gasteiger partial charge in [0.25, 0.3) is 5.69 Å². The van der Waals surface area contributed by atoms with Crippen LogP contribution >= 0.6 is 11.6 Å². The highest BCUT2D eigenvalue weighted by molar-refractivity contribution is 6.31. The molecule has 0 spiro atoms. The van der Waals surface area contributed by atoms with Crippen molar-refractivity contribution in [3.8, 4) is 0 Å². The van der Waals surface area contributed by atoms with E-state index in [1.807, 2.05) is 0 Å². The summed E-state index contributed by atoms with van der Waals surface area (Å²) in [5.41, 5.74) is 6.32. The smallest absolute Gasteiger partial charge is 0.292 e. The van der Waals surface area contributed by atoms with E-state index in [9.17, 15) is 10.1 Å². The van der Waals surface area contributed by atoms with E-state index < -0.39 is 0 Å². The van der Waals surface area contributed by atoms with Crippen molar-refractivity contribution in [1.29, 1.82) is 0 Å². The lowest BCUT2D eigenvalue weighted by Gasteiger charge is -2.33. The summed E-state index contributed by atoms with van der Waals surface area (Å²) in [6.07, 6.45) is 3.09. The number of nitrogens with two attached hydrogens (primary N) is 1. The van der Waals surface area contributed by atoms with Crippen molar-refractivity contribution in [3.63, 3.8) is 0 Å². The maximum Gasteiger partial charge on any atom is 0.292 e. The number of hydrogen-bond donors (Lipinski definition) is 1. The van der Waals surface area contributed by atoms with Crippen molar-refractivity contribution >= 4 is 23.0 Å². The Balaban J connectivity index is 2.14. The number of benzene rings is 1. The Morgan fingerprint density at radius 2 is 2.11 bits per heavy atom. The predicted molar refractivity (Wildman–Crippen MR) is 76.7 cm³/mol. The number of halogens is 1. The summed E-state index contributed by atoms with van der Waals surface area (Å²) in [5, 5.41) is 11.6. The minimum atomic E-state index is -0.350. The molecule has 1 saturated heterocycles. The van der Waals surface area contributed by atoms with E-state index in [-0.39, 0.29) is 10.6 Å². The highest BCUT2D eigenvalue weighted by Crippen LogP contribution is 2.34. The van der Waals surface area contributed by atoms with Crippen molar-refractivity contribution < 1.29 is 4.92 Å². The van der Waals surface area contributed by atoms with E-state index in [2.05, 4.69) is 4.90 Å². The Morgan fingerprint density at radius 3 is 2.68 bits per heavy atom.